The molecule has 0 aromatic rings. The van der Waals surface area contributed by atoms with Crippen LogP contribution in [0.15, 0.2) is 0 Å². The van der Waals surface area contributed by atoms with E-state index in [4.69, 9.17) is 14.2 Å². The molecule has 3 amide bonds. The topological polar surface area (TPSA) is 132 Å². The molecule has 0 aliphatic rings. The van der Waals surface area contributed by atoms with Crippen molar-refractivity contribution >= 4 is 24.1 Å². The van der Waals surface area contributed by atoms with Crippen molar-refractivity contribution < 1.29 is 33.4 Å². The van der Waals surface area contributed by atoms with Crippen molar-refractivity contribution in [2.75, 3.05) is 20.3 Å². The first-order chi connectivity index (χ1) is 13.3. The average Bonchev–Trinajstić information content (AvgIpc) is 2.58. The number of alkyl carbamates (subject to hydrolysis) is 2. The second-order valence-electron chi connectivity index (χ2n) is 8.15. The number of amides is 3. The first-order valence-electron chi connectivity index (χ1n) is 9.59. The number of esters is 1. The summed E-state index contributed by atoms with van der Waals surface area (Å²) in [7, 11) is 1.41. The molecule has 0 aromatic heterocycles. The molecule has 0 radical (unpaired) electrons. The van der Waals surface area contributed by atoms with Crippen molar-refractivity contribution in [3.05, 3.63) is 0 Å². The molecule has 0 bridgehead atoms. The lowest BCUT2D eigenvalue weighted by Crippen LogP contribution is -2.55. The van der Waals surface area contributed by atoms with Gasteiger partial charge in [-0.3, -0.25) is 4.79 Å². The zero-order chi connectivity index (χ0) is 22.8. The van der Waals surface area contributed by atoms with Crippen LogP contribution >= 0.6 is 0 Å². The van der Waals surface area contributed by atoms with Gasteiger partial charge in [-0.1, -0.05) is 27.7 Å². The van der Waals surface area contributed by atoms with Gasteiger partial charge in [0, 0.05) is 7.05 Å². The maximum atomic E-state index is 12.7. The van der Waals surface area contributed by atoms with E-state index in [1.165, 1.54) is 7.05 Å². The Morgan fingerprint density at radius 3 is 1.76 bits per heavy atom. The summed E-state index contributed by atoms with van der Waals surface area (Å²) in [5, 5.41) is 7.43. The predicted octanol–water partition coefficient (Wildman–Crippen LogP) is 1.58. The molecule has 3 N–H and O–H groups in total. The highest BCUT2D eigenvalue weighted by Gasteiger charge is 2.32. The van der Waals surface area contributed by atoms with Gasteiger partial charge in [-0.2, -0.15) is 0 Å². The van der Waals surface area contributed by atoms with Crippen LogP contribution in [0, 0.1) is 11.8 Å². The van der Waals surface area contributed by atoms with Crippen molar-refractivity contribution in [1.29, 1.82) is 0 Å². The summed E-state index contributed by atoms with van der Waals surface area (Å²) < 4.78 is 15.0. The number of carbonyl (C=O) groups is 4. The fourth-order valence-corrected chi connectivity index (χ4v) is 2.15. The van der Waals surface area contributed by atoms with Gasteiger partial charge in [0.2, 0.25) is 5.91 Å². The Hall–Kier alpha value is -2.52. The average molecular weight is 418 g/mol. The molecule has 0 heterocycles. The zero-order valence-electron chi connectivity index (χ0n) is 18.6. The molecule has 168 valence electrons. The summed E-state index contributed by atoms with van der Waals surface area (Å²) >= 11 is 0. The Morgan fingerprint density at radius 2 is 1.31 bits per heavy atom. The molecule has 29 heavy (non-hydrogen) atoms. The molecule has 0 aliphatic carbocycles. The van der Waals surface area contributed by atoms with E-state index in [2.05, 4.69) is 16.0 Å². The lowest BCUT2D eigenvalue weighted by Gasteiger charge is -2.27. The summed E-state index contributed by atoms with van der Waals surface area (Å²) in [6.45, 7) is 11.9. The monoisotopic (exact) mass is 417 g/mol. The van der Waals surface area contributed by atoms with Gasteiger partial charge in [-0.05, 0) is 32.6 Å². The van der Waals surface area contributed by atoms with Crippen LogP contribution in [0.5, 0.6) is 0 Å². The third kappa shape index (κ3) is 11.2. The quantitative estimate of drug-likeness (QED) is 0.295. The molecule has 2 atom stereocenters. The van der Waals surface area contributed by atoms with Crippen LogP contribution in [0.25, 0.3) is 0 Å². The molecule has 0 aliphatic heterocycles. The maximum absolute atomic E-state index is 12.7. The molecule has 0 saturated carbocycles. The maximum Gasteiger partial charge on any atom is 0.408 e. The third-order valence-electron chi connectivity index (χ3n) is 3.60. The normalized spacial score (nSPS) is 13.3. The number of rotatable bonds is 9. The second kappa shape index (κ2) is 12.1. The molecule has 10 heteroatoms. The molecule has 0 spiro atoms. The summed E-state index contributed by atoms with van der Waals surface area (Å²) in [4.78, 5) is 48.0. The molecule has 0 unspecified atom stereocenters. The van der Waals surface area contributed by atoms with E-state index in [9.17, 15) is 19.2 Å². The van der Waals surface area contributed by atoms with E-state index in [0.29, 0.717) is 0 Å². The van der Waals surface area contributed by atoms with Crippen LogP contribution in [-0.4, -0.2) is 62.0 Å². The van der Waals surface area contributed by atoms with Crippen molar-refractivity contribution in [3.63, 3.8) is 0 Å². The molecule has 0 saturated heterocycles. The van der Waals surface area contributed by atoms with Gasteiger partial charge in [-0.15, -0.1) is 0 Å². The highest BCUT2D eigenvalue weighted by molar-refractivity contribution is 5.90. The van der Waals surface area contributed by atoms with E-state index >= 15 is 0 Å². The van der Waals surface area contributed by atoms with Crippen LogP contribution in [0.4, 0.5) is 9.59 Å². The smallest absolute Gasteiger partial charge is 0.408 e. The molecule has 0 fully saturated rings. The standard InChI is InChI=1S/C19H35N3O7/c1-11(2)13(22-18(26)29-19(5,6)7)15(23)21-14(12(3)4)16(24)27-9-10-28-17(25)20-8/h11-14H,9-10H2,1-8H3,(H,20,25)(H,21,23)(H,22,26)/t13-,14-/m0/s1. The zero-order valence-corrected chi connectivity index (χ0v) is 18.6. The summed E-state index contributed by atoms with van der Waals surface area (Å²) in [6.07, 6.45) is -1.36. The molecule has 0 rings (SSSR count). The lowest BCUT2D eigenvalue weighted by molar-refractivity contribution is -0.150. The fraction of sp³-hybridized carbons (Fsp3) is 0.789. The van der Waals surface area contributed by atoms with E-state index in [0.717, 1.165) is 0 Å². The van der Waals surface area contributed by atoms with Gasteiger partial charge in [0.1, 0.15) is 30.9 Å². The highest BCUT2D eigenvalue weighted by atomic mass is 16.6. The van der Waals surface area contributed by atoms with Gasteiger partial charge in [0.05, 0.1) is 0 Å². The van der Waals surface area contributed by atoms with Gasteiger partial charge in [0.25, 0.3) is 0 Å². The number of ether oxygens (including phenoxy) is 3. The van der Waals surface area contributed by atoms with Crippen LogP contribution in [0.1, 0.15) is 48.5 Å². The van der Waals surface area contributed by atoms with E-state index in [1.807, 2.05) is 0 Å². The summed E-state index contributed by atoms with van der Waals surface area (Å²) in [6, 6.07) is -1.82. The number of carbonyl (C=O) groups excluding carboxylic acids is 4. The summed E-state index contributed by atoms with van der Waals surface area (Å²) in [5.74, 6) is -1.69. The van der Waals surface area contributed by atoms with Crippen molar-refractivity contribution in [2.45, 2.75) is 66.2 Å². The van der Waals surface area contributed by atoms with Crippen molar-refractivity contribution in [1.82, 2.24) is 16.0 Å². The van der Waals surface area contributed by atoms with E-state index in [-0.39, 0.29) is 25.0 Å². The number of hydrogen-bond donors (Lipinski definition) is 3. The lowest BCUT2D eigenvalue weighted by atomic mass is 10.0. The molecular formula is C19H35N3O7. The van der Waals surface area contributed by atoms with Gasteiger partial charge in [-0.25, -0.2) is 14.4 Å². The second-order valence-corrected chi connectivity index (χ2v) is 8.15. The van der Waals surface area contributed by atoms with Crippen LogP contribution in [0.2, 0.25) is 0 Å². The van der Waals surface area contributed by atoms with Crippen molar-refractivity contribution in [2.24, 2.45) is 11.8 Å². The van der Waals surface area contributed by atoms with Crippen LogP contribution in [-0.2, 0) is 23.8 Å². The minimum Gasteiger partial charge on any atom is -0.461 e. The molecule has 0 aromatic carbocycles. The Morgan fingerprint density at radius 1 is 0.793 bits per heavy atom. The molecule has 10 nitrogen and oxygen atoms in total. The predicted molar refractivity (Wildman–Crippen MR) is 106 cm³/mol. The third-order valence-corrected chi connectivity index (χ3v) is 3.60. The van der Waals surface area contributed by atoms with Crippen LogP contribution < -0.4 is 16.0 Å². The SMILES string of the molecule is CNC(=O)OCCOC(=O)[C@@H](NC(=O)[C@@H](NC(=O)OC(C)(C)C)C(C)C)C(C)C. The highest BCUT2D eigenvalue weighted by Crippen LogP contribution is 2.10. The van der Waals surface area contributed by atoms with Gasteiger partial charge < -0.3 is 30.2 Å². The van der Waals surface area contributed by atoms with Crippen LogP contribution in [0.3, 0.4) is 0 Å². The Kier molecular flexibility index (Phi) is 11.1. The Balaban J connectivity index is 4.91. The fourth-order valence-electron chi connectivity index (χ4n) is 2.15. The van der Waals surface area contributed by atoms with Gasteiger partial charge in [0.15, 0.2) is 0 Å². The number of nitrogens with one attached hydrogen (secondary N) is 3. The first kappa shape index (κ1) is 26.5. The Bertz CT molecular complexity index is 571. The van der Waals surface area contributed by atoms with E-state index in [1.54, 1.807) is 48.5 Å². The largest absolute Gasteiger partial charge is 0.461 e. The van der Waals surface area contributed by atoms with Gasteiger partial charge >= 0.3 is 18.2 Å². The Labute approximate surface area is 172 Å². The number of hydrogen-bond acceptors (Lipinski definition) is 7. The van der Waals surface area contributed by atoms with Crippen molar-refractivity contribution in [3.8, 4) is 0 Å². The molecular weight excluding hydrogens is 382 g/mol. The first-order valence-corrected chi connectivity index (χ1v) is 9.59. The minimum atomic E-state index is -0.927. The summed E-state index contributed by atoms with van der Waals surface area (Å²) in [5.41, 5.74) is -0.705. The minimum absolute atomic E-state index is 0.112. The van der Waals surface area contributed by atoms with E-state index < -0.39 is 41.7 Å².